The summed E-state index contributed by atoms with van der Waals surface area (Å²) in [4.78, 5) is 12.1. The van der Waals surface area contributed by atoms with Crippen molar-refractivity contribution in [1.82, 2.24) is 0 Å². The van der Waals surface area contributed by atoms with Gasteiger partial charge >= 0.3 is 5.97 Å². The molecule has 3 nitrogen and oxygen atoms in total. The first-order chi connectivity index (χ1) is 15.0. The van der Waals surface area contributed by atoms with Gasteiger partial charge in [0.05, 0.1) is 0 Å². The third-order valence-corrected chi connectivity index (χ3v) is 5.68. The van der Waals surface area contributed by atoms with Gasteiger partial charge in [0.2, 0.25) is 0 Å². The Hall–Kier alpha value is -2.13. The molecule has 2 rings (SSSR count). The molecule has 3 heteroatoms. The molecule has 0 aliphatic rings. The van der Waals surface area contributed by atoms with Gasteiger partial charge in [0.1, 0.15) is 6.10 Å². The molecule has 31 heavy (non-hydrogen) atoms. The first-order valence-electron chi connectivity index (χ1n) is 12.1. The smallest absolute Gasteiger partial charge is 0.335 e. The monoisotopic (exact) mass is 424 g/mol. The third-order valence-electron chi connectivity index (χ3n) is 5.68. The highest BCUT2D eigenvalue weighted by molar-refractivity contribution is 5.74. The van der Waals surface area contributed by atoms with Crippen molar-refractivity contribution in [2.45, 2.75) is 91.3 Å². The molecule has 0 saturated heterocycles. The van der Waals surface area contributed by atoms with Crippen molar-refractivity contribution >= 4 is 5.97 Å². The summed E-state index contributed by atoms with van der Waals surface area (Å²) in [6.45, 7) is 8.48. The second-order valence-electron chi connectivity index (χ2n) is 8.43. The van der Waals surface area contributed by atoms with Gasteiger partial charge in [0, 0.05) is 6.61 Å². The van der Waals surface area contributed by atoms with Crippen LogP contribution in [0.1, 0.15) is 89.9 Å². The molecule has 0 aliphatic carbocycles. The molecule has 0 fully saturated rings. The molecule has 0 saturated carbocycles. The van der Waals surface area contributed by atoms with Crippen molar-refractivity contribution in [1.29, 1.82) is 0 Å². The summed E-state index contributed by atoms with van der Waals surface area (Å²) >= 11 is 0. The molecule has 2 unspecified atom stereocenters. The van der Waals surface area contributed by atoms with Crippen LogP contribution in [0.4, 0.5) is 0 Å². The van der Waals surface area contributed by atoms with E-state index in [1.165, 1.54) is 55.2 Å². The van der Waals surface area contributed by atoms with Gasteiger partial charge in [0.25, 0.3) is 0 Å². The molecular weight excluding hydrogens is 384 g/mol. The molecule has 0 N–H and O–H groups in total. The molecule has 0 radical (unpaired) electrons. The Balaban J connectivity index is 1.84. The van der Waals surface area contributed by atoms with E-state index in [1.807, 2.05) is 26.0 Å². The Kier molecular flexibility index (Phi) is 11.4. The lowest BCUT2D eigenvalue weighted by Crippen LogP contribution is -2.24. The zero-order valence-electron chi connectivity index (χ0n) is 19.9. The van der Waals surface area contributed by atoms with Gasteiger partial charge in [-0.3, -0.25) is 0 Å². The molecule has 0 aliphatic heterocycles. The van der Waals surface area contributed by atoms with Crippen LogP contribution in [-0.4, -0.2) is 18.7 Å². The Labute approximate surface area is 189 Å². The van der Waals surface area contributed by atoms with Crippen LogP contribution in [0.25, 0.3) is 11.1 Å². The quantitative estimate of drug-likeness (QED) is 0.230. The van der Waals surface area contributed by atoms with Gasteiger partial charge in [-0.15, -0.1) is 0 Å². The number of carbonyl (C=O) groups is 1. The van der Waals surface area contributed by atoms with E-state index in [2.05, 4.69) is 43.3 Å². The van der Waals surface area contributed by atoms with Gasteiger partial charge in [-0.1, -0.05) is 94.5 Å². The molecule has 170 valence electrons. The first-order valence-corrected chi connectivity index (χ1v) is 12.1. The maximum absolute atomic E-state index is 12.1. The minimum Gasteiger partial charge on any atom is -0.456 e. The van der Waals surface area contributed by atoms with Crippen LogP contribution in [0.2, 0.25) is 0 Å². The number of hydrogen-bond donors (Lipinski definition) is 0. The summed E-state index contributed by atoms with van der Waals surface area (Å²) < 4.78 is 11.0. The number of benzene rings is 2. The summed E-state index contributed by atoms with van der Waals surface area (Å²) in [5, 5.41) is 0. The molecule has 2 atom stereocenters. The van der Waals surface area contributed by atoms with Crippen molar-refractivity contribution < 1.29 is 14.3 Å². The summed E-state index contributed by atoms with van der Waals surface area (Å²) in [5.74, 6) is -0.314. The number of hydrogen-bond acceptors (Lipinski definition) is 3. The predicted octanol–water partition coefficient (Wildman–Crippen LogP) is 7.68. The third kappa shape index (κ3) is 8.86. The average molecular weight is 425 g/mol. The Morgan fingerprint density at radius 3 is 1.97 bits per heavy atom. The van der Waals surface area contributed by atoms with E-state index in [4.69, 9.17) is 9.47 Å². The van der Waals surface area contributed by atoms with Crippen molar-refractivity contribution in [3.8, 4) is 11.1 Å². The average Bonchev–Trinajstić information content (AvgIpc) is 2.80. The molecule has 0 amide bonds. The van der Waals surface area contributed by atoms with Gasteiger partial charge in [-0.2, -0.15) is 0 Å². The van der Waals surface area contributed by atoms with E-state index in [0.29, 0.717) is 6.61 Å². The zero-order valence-corrected chi connectivity index (χ0v) is 19.9. The van der Waals surface area contributed by atoms with Crippen LogP contribution in [0.15, 0.2) is 48.5 Å². The summed E-state index contributed by atoms with van der Waals surface area (Å²) in [6, 6.07) is 17.2. The fraction of sp³-hybridized carbons (Fsp3) is 0.536. The highest BCUT2D eigenvalue weighted by Gasteiger charge is 2.18. The standard InChI is InChI=1S/C28H40O3/c1-5-7-8-9-10-11-12-24-13-15-26(16-14-24)27-19-17-25(18-20-27)22(3)31-28(29)23(4)30-21-6-2/h13-20,22-23H,5-12,21H2,1-4H3. The maximum Gasteiger partial charge on any atom is 0.335 e. The number of carbonyl (C=O) groups excluding carboxylic acids is 1. The van der Waals surface area contributed by atoms with Crippen molar-refractivity contribution in [2.24, 2.45) is 0 Å². The lowest BCUT2D eigenvalue weighted by molar-refractivity contribution is -0.161. The van der Waals surface area contributed by atoms with E-state index in [-0.39, 0.29) is 12.1 Å². The number of ether oxygens (including phenoxy) is 2. The van der Waals surface area contributed by atoms with Gasteiger partial charge < -0.3 is 9.47 Å². The summed E-state index contributed by atoms with van der Waals surface area (Å²) in [5.41, 5.74) is 4.79. The summed E-state index contributed by atoms with van der Waals surface area (Å²) in [7, 11) is 0. The second kappa shape index (κ2) is 14.0. The zero-order chi connectivity index (χ0) is 22.5. The number of esters is 1. The Morgan fingerprint density at radius 2 is 1.35 bits per heavy atom. The molecule has 0 aromatic heterocycles. The minimum atomic E-state index is -0.531. The van der Waals surface area contributed by atoms with E-state index >= 15 is 0 Å². The van der Waals surface area contributed by atoms with Crippen LogP contribution < -0.4 is 0 Å². The fourth-order valence-corrected chi connectivity index (χ4v) is 3.62. The summed E-state index contributed by atoms with van der Waals surface area (Å²) in [6.07, 6.45) is 9.22. The molecule has 0 heterocycles. The lowest BCUT2D eigenvalue weighted by Gasteiger charge is -2.17. The molecule has 0 spiro atoms. The largest absolute Gasteiger partial charge is 0.456 e. The van der Waals surface area contributed by atoms with E-state index in [9.17, 15) is 4.79 Å². The molecule has 2 aromatic rings. The van der Waals surface area contributed by atoms with Gasteiger partial charge in [0.15, 0.2) is 6.10 Å². The first kappa shape index (κ1) is 25.1. The Bertz CT molecular complexity index is 749. The maximum atomic E-state index is 12.1. The topological polar surface area (TPSA) is 35.5 Å². The van der Waals surface area contributed by atoms with Crippen LogP contribution in [0.3, 0.4) is 0 Å². The van der Waals surface area contributed by atoms with Crippen molar-refractivity contribution in [2.75, 3.05) is 6.61 Å². The Morgan fingerprint density at radius 1 is 0.774 bits per heavy atom. The fourth-order valence-electron chi connectivity index (χ4n) is 3.62. The van der Waals surface area contributed by atoms with E-state index < -0.39 is 6.10 Å². The SMILES string of the molecule is CCCCCCCCc1ccc(-c2ccc(C(C)OC(=O)C(C)OCCC)cc2)cc1. The highest BCUT2D eigenvalue weighted by Crippen LogP contribution is 2.24. The molecular formula is C28H40O3. The predicted molar refractivity (Wildman–Crippen MR) is 129 cm³/mol. The lowest BCUT2D eigenvalue weighted by atomic mass is 9.99. The van der Waals surface area contributed by atoms with Crippen LogP contribution in [-0.2, 0) is 20.7 Å². The van der Waals surface area contributed by atoms with Crippen molar-refractivity contribution in [3.05, 3.63) is 59.7 Å². The van der Waals surface area contributed by atoms with Crippen LogP contribution in [0, 0.1) is 0 Å². The van der Waals surface area contributed by atoms with Crippen LogP contribution >= 0.6 is 0 Å². The number of rotatable bonds is 14. The minimum absolute atomic E-state index is 0.297. The normalized spacial score (nSPS) is 13.0. The number of aryl methyl sites for hydroxylation is 1. The number of unbranched alkanes of at least 4 members (excludes halogenated alkanes) is 5. The molecule has 0 bridgehead atoms. The van der Waals surface area contributed by atoms with Gasteiger partial charge in [-0.25, -0.2) is 4.79 Å². The van der Waals surface area contributed by atoms with E-state index in [0.717, 1.165) is 18.4 Å². The second-order valence-corrected chi connectivity index (χ2v) is 8.43. The highest BCUT2D eigenvalue weighted by atomic mass is 16.6. The van der Waals surface area contributed by atoms with Crippen molar-refractivity contribution in [3.63, 3.8) is 0 Å². The van der Waals surface area contributed by atoms with E-state index in [1.54, 1.807) is 6.92 Å². The van der Waals surface area contributed by atoms with Gasteiger partial charge in [-0.05, 0) is 55.4 Å². The van der Waals surface area contributed by atoms with Crippen LogP contribution in [0.5, 0.6) is 0 Å². The molecule has 2 aromatic carbocycles.